The van der Waals surface area contributed by atoms with Crippen LogP contribution in [0.1, 0.15) is 0 Å². The summed E-state index contributed by atoms with van der Waals surface area (Å²) in [5.74, 6) is 2.32. The smallest absolute Gasteiger partial charge is 0.161 e. The van der Waals surface area contributed by atoms with Crippen LogP contribution < -0.4 is 10.1 Å². The molecule has 0 fully saturated rings. The van der Waals surface area contributed by atoms with Gasteiger partial charge < -0.3 is 10.1 Å². The normalized spacial score (nSPS) is 10.1. The van der Waals surface area contributed by atoms with Gasteiger partial charge in [0.25, 0.3) is 0 Å². The second-order valence-corrected chi connectivity index (χ2v) is 4.53. The topological polar surface area (TPSA) is 47.0 Å². The molecule has 2 aromatic rings. The van der Waals surface area contributed by atoms with Crippen molar-refractivity contribution in [3.05, 3.63) is 34.0 Å². The van der Waals surface area contributed by atoms with Gasteiger partial charge in [-0.2, -0.15) is 0 Å². The van der Waals surface area contributed by atoms with Gasteiger partial charge in [0.15, 0.2) is 5.82 Å². The zero-order valence-corrected chi connectivity index (χ0v) is 11.7. The Morgan fingerprint density at radius 1 is 1.35 bits per heavy atom. The molecule has 1 aromatic carbocycles. The van der Waals surface area contributed by atoms with Crippen LogP contribution in [0.2, 0.25) is 0 Å². The fourth-order valence-corrected chi connectivity index (χ4v) is 1.97. The summed E-state index contributed by atoms with van der Waals surface area (Å²) in [4.78, 5) is 8.77. The molecule has 5 heteroatoms. The molecule has 0 aliphatic heterocycles. The average Bonchev–Trinajstić information content (AvgIpc) is 2.39. The zero-order valence-electron chi connectivity index (χ0n) is 9.57. The quantitative estimate of drug-likeness (QED) is 0.873. The van der Waals surface area contributed by atoms with Crippen LogP contribution >= 0.6 is 22.6 Å². The minimum atomic E-state index is 0.689. The minimum absolute atomic E-state index is 0.689. The highest BCUT2D eigenvalue weighted by Crippen LogP contribution is 2.23. The Morgan fingerprint density at radius 3 is 2.88 bits per heavy atom. The monoisotopic (exact) mass is 341 g/mol. The predicted octanol–water partition coefficient (Wildman–Crippen LogP) is 2.80. The molecular formula is C12H12IN3O. The van der Waals surface area contributed by atoms with Crippen LogP contribution in [-0.4, -0.2) is 24.1 Å². The van der Waals surface area contributed by atoms with E-state index in [0.717, 1.165) is 20.7 Å². The molecule has 1 heterocycles. The first-order valence-electron chi connectivity index (χ1n) is 5.09. The van der Waals surface area contributed by atoms with Gasteiger partial charge in [0.1, 0.15) is 11.6 Å². The van der Waals surface area contributed by atoms with Gasteiger partial charge in [0.2, 0.25) is 0 Å². The standard InChI is InChI=1S/C12H12IN3O/c1-14-12-10(13)7-15-11(16-12)8-4-3-5-9(6-8)17-2/h3-7H,1-2H3,(H,14,15,16). The van der Waals surface area contributed by atoms with Gasteiger partial charge in [0, 0.05) is 18.8 Å². The van der Waals surface area contributed by atoms with Gasteiger partial charge >= 0.3 is 0 Å². The van der Waals surface area contributed by atoms with Crippen molar-refractivity contribution in [2.45, 2.75) is 0 Å². The van der Waals surface area contributed by atoms with Gasteiger partial charge in [-0.15, -0.1) is 0 Å². The summed E-state index contributed by atoms with van der Waals surface area (Å²) in [5, 5.41) is 3.04. The number of aromatic nitrogens is 2. The van der Waals surface area contributed by atoms with Crippen molar-refractivity contribution in [2.24, 2.45) is 0 Å². The molecule has 1 N–H and O–H groups in total. The van der Waals surface area contributed by atoms with Crippen LogP contribution in [0.15, 0.2) is 30.5 Å². The van der Waals surface area contributed by atoms with E-state index < -0.39 is 0 Å². The number of hydrogen-bond acceptors (Lipinski definition) is 4. The summed E-state index contributed by atoms with van der Waals surface area (Å²) < 4.78 is 6.18. The van der Waals surface area contributed by atoms with Crippen molar-refractivity contribution in [3.8, 4) is 17.1 Å². The number of benzene rings is 1. The first kappa shape index (κ1) is 12.1. The second-order valence-electron chi connectivity index (χ2n) is 3.37. The maximum atomic E-state index is 5.18. The fraction of sp³-hybridized carbons (Fsp3) is 0.167. The third kappa shape index (κ3) is 2.66. The number of rotatable bonds is 3. The van der Waals surface area contributed by atoms with E-state index in [-0.39, 0.29) is 0 Å². The molecule has 88 valence electrons. The number of halogens is 1. The van der Waals surface area contributed by atoms with Crippen molar-refractivity contribution in [1.82, 2.24) is 9.97 Å². The number of nitrogens with one attached hydrogen (secondary N) is 1. The lowest BCUT2D eigenvalue weighted by Gasteiger charge is -2.06. The lowest BCUT2D eigenvalue weighted by molar-refractivity contribution is 0.415. The van der Waals surface area contributed by atoms with Crippen LogP contribution in [0, 0.1) is 3.57 Å². The molecule has 0 bridgehead atoms. The summed E-state index contributed by atoms with van der Waals surface area (Å²) in [6.45, 7) is 0. The molecular weight excluding hydrogens is 329 g/mol. The maximum absolute atomic E-state index is 5.18. The van der Waals surface area contributed by atoms with E-state index in [1.54, 1.807) is 13.3 Å². The van der Waals surface area contributed by atoms with E-state index in [9.17, 15) is 0 Å². The van der Waals surface area contributed by atoms with Crippen LogP contribution in [0.3, 0.4) is 0 Å². The molecule has 0 spiro atoms. The number of hydrogen-bond donors (Lipinski definition) is 1. The molecule has 0 saturated heterocycles. The van der Waals surface area contributed by atoms with Crippen molar-refractivity contribution in [3.63, 3.8) is 0 Å². The Kier molecular flexibility index (Phi) is 3.78. The molecule has 2 rings (SSSR count). The predicted molar refractivity (Wildman–Crippen MR) is 76.3 cm³/mol. The van der Waals surface area contributed by atoms with Gasteiger partial charge in [-0.25, -0.2) is 9.97 Å². The molecule has 0 radical (unpaired) electrons. The van der Waals surface area contributed by atoms with E-state index in [0.29, 0.717) is 5.82 Å². The molecule has 0 atom stereocenters. The first-order chi connectivity index (χ1) is 8.24. The van der Waals surface area contributed by atoms with Gasteiger partial charge in [-0.1, -0.05) is 12.1 Å². The number of ether oxygens (including phenoxy) is 1. The molecule has 0 amide bonds. The van der Waals surface area contributed by atoms with Crippen LogP contribution in [0.5, 0.6) is 5.75 Å². The van der Waals surface area contributed by atoms with Crippen LogP contribution in [0.4, 0.5) is 5.82 Å². The van der Waals surface area contributed by atoms with Crippen molar-refractivity contribution < 1.29 is 4.74 Å². The highest BCUT2D eigenvalue weighted by molar-refractivity contribution is 14.1. The lowest BCUT2D eigenvalue weighted by atomic mass is 10.2. The number of anilines is 1. The summed E-state index contributed by atoms with van der Waals surface area (Å²) >= 11 is 2.20. The Balaban J connectivity index is 2.45. The summed E-state index contributed by atoms with van der Waals surface area (Å²) in [6, 6.07) is 7.70. The third-order valence-corrected chi connectivity index (χ3v) is 3.10. The van der Waals surface area contributed by atoms with E-state index in [1.165, 1.54) is 0 Å². The molecule has 0 aliphatic carbocycles. The molecule has 1 aromatic heterocycles. The Morgan fingerprint density at radius 2 is 2.18 bits per heavy atom. The number of methoxy groups -OCH3 is 1. The Labute approximate surface area is 114 Å². The highest BCUT2D eigenvalue weighted by atomic mass is 127. The largest absolute Gasteiger partial charge is 0.497 e. The van der Waals surface area contributed by atoms with Gasteiger partial charge in [-0.3, -0.25) is 0 Å². The van der Waals surface area contributed by atoms with Gasteiger partial charge in [-0.05, 0) is 34.7 Å². The fourth-order valence-electron chi connectivity index (χ4n) is 1.44. The van der Waals surface area contributed by atoms with Crippen molar-refractivity contribution in [2.75, 3.05) is 19.5 Å². The minimum Gasteiger partial charge on any atom is -0.497 e. The molecule has 4 nitrogen and oxygen atoms in total. The summed E-state index contributed by atoms with van der Waals surface area (Å²) in [6.07, 6.45) is 1.80. The second kappa shape index (κ2) is 5.31. The lowest BCUT2D eigenvalue weighted by Crippen LogP contribution is -1.99. The van der Waals surface area contributed by atoms with E-state index in [2.05, 4.69) is 37.9 Å². The van der Waals surface area contributed by atoms with E-state index >= 15 is 0 Å². The molecule has 0 saturated carbocycles. The van der Waals surface area contributed by atoms with E-state index in [4.69, 9.17) is 4.74 Å². The Hall–Kier alpha value is -1.37. The first-order valence-corrected chi connectivity index (χ1v) is 6.17. The highest BCUT2D eigenvalue weighted by Gasteiger charge is 2.06. The maximum Gasteiger partial charge on any atom is 0.161 e. The van der Waals surface area contributed by atoms with Gasteiger partial charge in [0.05, 0.1) is 10.7 Å². The van der Waals surface area contributed by atoms with Crippen LogP contribution in [0.25, 0.3) is 11.4 Å². The average molecular weight is 341 g/mol. The van der Waals surface area contributed by atoms with Crippen molar-refractivity contribution >= 4 is 28.4 Å². The molecule has 17 heavy (non-hydrogen) atoms. The zero-order chi connectivity index (χ0) is 12.3. The summed E-state index contributed by atoms with van der Waals surface area (Å²) in [7, 11) is 3.49. The summed E-state index contributed by atoms with van der Waals surface area (Å²) in [5.41, 5.74) is 0.942. The molecule has 0 unspecified atom stereocenters. The van der Waals surface area contributed by atoms with Crippen LogP contribution in [-0.2, 0) is 0 Å². The third-order valence-electron chi connectivity index (χ3n) is 2.31. The SMILES string of the molecule is CNc1nc(-c2cccc(OC)c2)ncc1I. The molecule has 0 aliphatic rings. The number of nitrogens with zero attached hydrogens (tertiary/aromatic N) is 2. The Bertz CT molecular complexity index is 531. The van der Waals surface area contributed by atoms with Crippen molar-refractivity contribution in [1.29, 1.82) is 0 Å². The van der Waals surface area contributed by atoms with E-state index in [1.807, 2.05) is 31.3 Å².